The van der Waals surface area contributed by atoms with Gasteiger partial charge in [0.2, 0.25) is 0 Å². The van der Waals surface area contributed by atoms with Crippen LogP contribution in [0.25, 0.3) is 11.0 Å². The van der Waals surface area contributed by atoms with Gasteiger partial charge in [-0.3, -0.25) is 19.1 Å². The molecule has 2 aromatic heterocycles. The molecule has 4 rings (SSSR count). The van der Waals surface area contributed by atoms with Crippen LogP contribution >= 0.6 is 0 Å². The van der Waals surface area contributed by atoms with Gasteiger partial charge >= 0.3 is 5.69 Å². The molecule has 8 nitrogen and oxygen atoms in total. The Morgan fingerprint density at radius 1 is 1.28 bits per heavy atom. The highest BCUT2D eigenvalue weighted by Crippen LogP contribution is 2.40. The maximum Gasteiger partial charge on any atom is 0.329 e. The monoisotopic (exact) mass is 436 g/mol. The molecule has 168 valence electrons. The molecular weight excluding hydrogens is 408 g/mol. The Kier molecular flexibility index (Phi) is 5.86. The van der Waals surface area contributed by atoms with Gasteiger partial charge in [0.05, 0.1) is 17.1 Å². The summed E-state index contributed by atoms with van der Waals surface area (Å²) in [5.41, 5.74) is 1.60. The van der Waals surface area contributed by atoms with E-state index in [1.54, 1.807) is 18.2 Å². The van der Waals surface area contributed by atoms with E-state index < -0.39 is 17.2 Å². The number of fused-ring (bicyclic) bond motifs is 1. The summed E-state index contributed by atoms with van der Waals surface area (Å²) in [5.74, 6) is 0.567. The average molecular weight is 437 g/mol. The number of hydrogen-bond donors (Lipinski definition) is 2. The molecule has 0 aliphatic heterocycles. The number of carbonyl (C=O) groups is 1. The third-order valence-corrected chi connectivity index (χ3v) is 5.47. The highest BCUT2D eigenvalue weighted by Gasteiger charge is 2.28. The van der Waals surface area contributed by atoms with Gasteiger partial charge in [0.25, 0.3) is 11.5 Å². The quantitative estimate of drug-likeness (QED) is 0.587. The van der Waals surface area contributed by atoms with Gasteiger partial charge in [-0.2, -0.15) is 0 Å². The minimum atomic E-state index is -0.602. The topological polar surface area (TPSA) is 106 Å². The van der Waals surface area contributed by atoms with Gasteiger partial charge in [-0.15, -0.1) is 0 Å². The standard InChI is InChI=1S/C24H28N4O4/c1-5-10-28-21-20(23(30)27-24(28)31)17(12-19(25-21)15-6-7-15)22(29)26-18-9-8-16(11-14(18)4)32-13(2)3/h8-9,11-13,15H,5-7,10H2,1-4H3,(H,26,29)(H,27,30,31). The Morgan fingerprint density at radius 3 is 2.66 bits per heavy atom. The van der Waals surface area contributed by atoms with Gasteiger partial charge in [-0.1, -0.05) is 6.92 Å². The average Bonchev–Trinajstić information content (AvgIpc) is 3.57. The van der Waals surface area contributed by atoms with Crippen molar-refractivity contribution in [3.8, 4) is 5.75 Å². The first-order valence-corrected chi connectivity index (χ1v) is 11.0. The molecule has 32 heavy (non-hydrogen) atoms. The zero-order valence-corrected chi connectivity index (χ0v) is 18.8. The van der Waals surface area contributed by atoms with Gasteiger partial charge in [0, 0.05) is 23.8 Å². The van der Waals surface area contributed by atoms with Crippen molar-refractivity contribution in [3.63, 3.8) is 0 Å². The number of aromatic amines is 1. The maximum atomic E-state index is 13.3. The number of nitrogens with zero attached hydrogens (tertiary/aromatic N) is 2. The summed E-state index contributed by atoms with van der Waals surface area (Å²) < 4.78 is 7.16. The van der Waals surface area contributed by atoms with Crippen LogP contribution in [0.3, 0.4) is 0 Å². The fourth-order valence-electron chi connectivity index (χ4n) is 3.80. The fourth-order valence-corrected chi connectivity index (χ4v) is 3.80. The lowest BCUT2D eigenvalue weighted by molar-refractivity contribution is 0.102. The molecule has 1 fully saturated rings. The number of ether oxygens (including phenoxy) is 1. The highest BCUT2D eigenvalue weighted by molar-refractivity contribution is 6.12. The van der Waals surface area contributed by atoms with Gasteiger partial charge < -0.3 is 10.1 Å². The van der Waals surface area contributed by atoms with E-state index in [2.05, 4.69) is 15.3 Å². The largest absolute Gasteiger partial charge is 0.491 e. The summed E-state index contributed by atoms with van der Waals surface area (Å²) in [4.78, 5) is 45.5. The smallest absolute Gasteiger partial charge is 0.329 e. The third-order valence-electron chi connectivity index (χ3n) is 5.47. The molecule has 0 atom stereocenters. The van der Waals surface area contributed by atoms with Crippen LogP contribution in [0.4, 0.5) is 5.69 Å². The SMILES string of the molecule is CCCn1c(=O)[nH]c(=O)c2c(C(=O)Nc3ccc(OC(C)C)cc3C)cc(C3CC3)nc21. The van der Waals surface area contributed by atoms with Crippen molar-refractivity contribution in [3.05, 3.63) is 61.9 Å². The van der Waals surface area contributed by atoms with Crippen molar-refractivity contribution < 1.29 is 9.53 Å². The molecule has 1 aliphatic carbocycles. The summed E-state index contributed by atoms with van der Waals surface area (Å²) in [6.45, 7) is 8.13. The van der Waals surface area contributed by atoms with E-state index in [-0.39, 0.29) is 28.6 Å². The molecule has 0 spiro atoms. The normalized spacial score (nSPS) is 13.5. The van der Waals surface area contributed by atoms with Crippen LogP contribution in [0.5, 0.6) is 5.75 Å². The number of nitrogens with one attached hydrogen (secondary N) is 2. The van der Waals surface area contributed by atoms with Gasteiger partial charge in [0.1, 0.15) is 5.75 Å². The summed E-state index contributed by atoms with van der Waals surface area (Å²) in [6.07, 6.45) is 2.71. The lowest BCUT2D eigenvalue weighted by Gasteiger charge is -2.15. The first-order chi connectivity index (χ1) is 15.3. The minimum Gasteiger partial charge on any atom is -0.491 e. The Morgan fingerprint density at radius 2 is 2.03 bits per heavy atom. The number of anilines is 1. The Labute approximate surface area is 185 Å². The van der Waals surface area contributed by atoms with Gasteiger partial charge in [-0.05, 0) is 69.9 Å². The molecule has 2 N–H and O–H groups in total. The van der Waals surface area contributed by atoms with Crippen LogP contribution in [0.2, 0.25) is 0 Å². The molecule has 0 unspecified atom stereocenters. The number of aryl methyl sites for hydroxylation is 2. The fraction of sp³-hybridized carbons (Fsp3) is 0.417. The van der Waals surface area contributed by atoms with Crippen LogP contribution in [-0.4, -0.2) is 26.5 Å². The lowest BCUT2D eigenvalue weighted by Crippen LogP contribution is -2.32. The van der Waals surface area contributed by atoms with Crippen molar-refractivity contribution in [2.45, 2.75) is 65.5 Å². The molecule has 2 heterocycles. The summed E-state index contributed by atoms with van der Waals surface area (Å²) >= 11 is 0. The van der Waals surface area contributed by atoms with E-state index in [0.717, 1.165) is 29.8 Å². The number of rotatable bonds is 7. The first kappa shape index (κ1) is 21.8. The summed E-state index contributed by atoms with van der Waals surface area (Å²) in [7, 11) is 0. The number of hydrogen-bond acceptors (Lipinski definition) is 5. The van der Waals surface area contributed by atoms with Crippen LogP contribution in [0, 0.1) is 6.92 Å². The van der Waals surface area contributed by atoms with Crippen molar-refractivity contribution in [1.29, 1.82) is 0 Å². The van der Waals surface area contributed by atoms with Crippen LogP contribution in [0.15, 0.2) is 33.9 Å². The van der Waals surface area contributed by atoms with Crippen LogP contribution < -0.4 is 21.3 Å². The van der Waals surface area contributed by atoms with Crippen molar-refractivity contribution in [1.82, 2.24) is 14.5 Å². The van der Waals surface area contributed by atoms with Crippen molar-refractivity contribution in [2.75, 3.05) is 5.32 Å². The first-order valence-electron chi connectivity index (χ1n) is 11.0. The molecule has 3 aromatic rings. The van der Waals surface area contributed by atoms with E-state index in [0.29, 0.717) is 18.7 Å². The molecular formula is C24H28N4O4. The third kappa shape index (κ3) is 4.30. The van der Waals surface area contributed by atoms with E-state index in [1.165, 1.54) is 4.57 Å². The molecule has 0 bridgehead atoms. The predicted molar refractivity (Wildman–Crippen MR) is 124 cm³/mol. The minimum absolute atomic E-state index is 0.0475. The van der Waals surface area contributed by atoms with E-state index >= 15 is 0 Å². The van der Waals surface area contributed by atoms with Crippen molar-refractivity contribution >= 4 is 22.6 Å². The Hall–Kier alpha value is -3.42. The number of amides is 1. The Balaban J connectivity index is 1.80. The molecule has 1 aromatic carbocycles. The zero-order chi connectivity index (χ0) is 23.0. The number of pyridine rings is 1. The van der Waals surface area contributed by atoms with Crippen molar-refractivity contribution in [2.24, 2.45) is 0 Å². The Bertz CT molecular complexity index is 1300. The summed E-state index contributed by atoms with van der Waals surface area (Å²) in [6, 6.07) is 7.14. The number of aromatic nitrogens is 3. The zero-order valence-electron chi connectivity index (χ0n) is 18.8. The van der Waals surface area contributed by atoms with E-state index in [1.807, 2.05) is 33.8 Å². The molecule has 1 saturated carbocycles. The second kappa shape index (κ2) is 8.61. The molecule has 1 amide bonds. The molecule has 8 heteroatoms. The summed E-state index contributed by atoms with van der Waals surface area (Å²) in [5, 5.41) is 3.05. The van der Waals surface area contributed by atoms with Crippen LogP contribution in [0.1, 0.15) is 67.6 Å². The van der Waals surface area contributed by atoms with Crippen LogP contribution in [-0.2, 0) is 6.54 Å². The molecule has 0 saturated heterocycles. The van der Waals surface area contributed by atoms with E-state index in [9.17, 15) is 14.4 Å². The second-order valence-electron chi connectivity index (χ2n) is 8.58. The number of H-pyrrole nitrogens is 1. The number of carbonyl (C=O) groups excluding carboxylic acids is 1. The maximum absolute atomic E-state index is 13.3. The van der Waals surface area contributed by atoms with E-state index in [4.69, 9.17) is 4.74 Å². The lowest BCUT2D eigenvalue weighted by atomic mass is 10.1. The second-order valence-corrected chi connectivity index (χ2v) is 8.58. The predicted octanol–water partition coefficient (Wildman–Crippen LogP) is 3.72. The highest BCUT2D eigenvalue weighted by atomic mass is 16.5. The molecule has 1 aliphatic rings. The van der Waals surface area contributed by atoms with Gasteiger partial charge in [0.15, 0.2) is 5.65 Å². The van der Waals surface area contributed by atoms with Gasteiger partial charge in [-0.25, -0.2) is 9.78 Å². The molecule has 0 radical (unpaired) electrons. The number of benzene rings is 1.